The fraction of sp³-hybridized carbons (Fsp3) is 0. The summed E-state index contributed by atoms with van der Waals surface area (Å²) in [6.45, 7) is 0. The molecule has 116 valence electrons. The lowest BCUT2D eigenvalue weighted by Crippen LogP contribution is -2.13. The number of hydrogen-bond acceptors (Lipinski definition) is 2. The first-order valence-electron chi connectivity index (χ1n) is 6.67. The third kappa shape index (κ3) is 3.40. The summed E-state index contributed by atoms with van der Waals surface area (Å²) in [6, 6.07) is 11.2. The zero-order valence-electron chi connectivity index (χ0n) is 11.7. The van der Waals surface area contributed by atoms with Gasteiger partial charge in [0.15, 0.2) is 4.77 Å². The third-order valence-corrected chi connectivity index (χ3v) is 4.18. The maximum atomic E-state index is 13.1. The number of carbonyl (C=O) groups is 1. The molecule has 1 amide bonds. The number of nitrogens with one attached hydrogen (secondary N) is 2. The Balaban J connectivity index is 1.87. The molecule has 0 aliphatic rings. The van der Waals surface area contributed by atoms with Crippen molar-refractivity contribution in [1.29, 1.82) is 0 Å². The predicted octanol–water partition coefficient (Wildman–Crippen LogP) is 4.69. The van der Waals surface area contributed by atoms with Crippen LogP contribution in [-0.2, 0) is 0 Å². The molecule has 0 aliphatic carbocycles. The first-order chi connectivity index (χ1) is 11.0. The van der Waals surface area contributed by atoms with Crippen LogP contribution in [0.15, 0.2) is 59.3 Å². The van der Waals surface area contributed by atoms with Crippen LogP contribution in [0.3, 0.4) is 0 Å². The second-order valence-corrected chi connectivity index (χ2v) is 6.00. The predicted molar refractivity (Wildman–Crippen MR) is 93.0 cm³/mol. The van der Waals surface area contributed by atoms with Crippen LogP contribution < -0.4 is 5.32 Å². The third-order valence-electron chi connectivity index (χ3n) is 3.21. The molecule has 3 aromatic rings. The van der Waals surface area contributed by atoms with Crippen molar-refractivity contribution in [2.24, 2.45) is 0 Å². The van der Waals surface area contributed by atoms with Gasteiger partial charge in [-0.3, -0.25) is 9.36 Å². The SMILES string of the molecule is O=C(Nc1cccc(-n2cc[nH]c2=S)c1)c1ccc(F)cc1Br. The molecule has 23 heavy (non-hydrogen) atoms. The normalized spacial score (nSPS) is 10.5. The molecule has 0 saturated heterocycles. The van der Waals surface area contributed by atoms with Crippen LogP contribution in [0, 0.1) is 10.6 Å². The molecule has 7 heteroatoms. The monoisotopic (exact) mass is 391 g/mol. The number of rotatable bonds is 3. The van der Waals surface area contributed by atoms with E-state index in [0.29, 0.717) is 20.5 Å². The summed E-state index contributed by atoms with van der Waals surface area (Å²) in [6.07, 6.45) is 3.54. The van der Waals surface area contributed by atoms with Crippen LogP contribution in [0.25, 0.3) is 5.69 Å². The summed E-state index contributed by atoms with van der Waals surface area (Å²) in [7, 11) is 0. The molecule has 1 heterocycles. The van der Waals surface area contributed by atoms with Gasteiger partial charge in [-0.05, 0) is 64.5 Å². The van der Waals surface area contributed by atoms with E-state index < -0.39 is 5.82 Å². The second-order valence-electron chi connectivity index (χ2n) is 4.76. The first-order valence-corrected chi connectivity index (χ1v) is 7.87. The minimum absolute atomic E-state index is 0.327. The Morgan fingerprint density at radius 2 is 2.09 bits per heavy atom. The largest absolute Gasteiger partial charge is 0.337 e. The minimum atomic E-state index is -0.405. The highest BCUT2D eigenvalue weighted by Crippen LogP contribution is 2.21. The van der Waals surface area contributed by atoms with Gasteiger partial charge in [0.05, 0.1) is 5.56 Å². The summed E-state index contributed by atoms with van der Waals surface area (Å²) < 4.78 is 15.9. The number of amides is 1. The molecule has 1 aromatic heterocycles. The summed E-state index contributed by atoms with van der Waals surface area (Å²) in [5.74, 6) is -0.732. The molecule has 0 aliphatic heterocycles. The molecule has 0 spiro atoms. The number of nitrogens with zero attached hydrogens (tertiary/aromatic N) is 1. The molecule has 4 nitrogen and oxygen atoms in total. The minimum Gasteiger partial charge on any atom is -0.337 e. The second kappa shape index (κ2) is 6.47. The maximum absolute atomic E-state index is 13.1. The quantitative estimate of drug-likeness (QED) is 0.636. The molecule has 0 fully saturated rings. The Bertz CT molecular complexity index is 935. The Hall–Kier alpha value is -2.25. The van der Waals surface area contributed by atoms with E-state index in [-0.39, 0.29) is 5.91 Å². The zero-order chi connectivity index (χ0) is 16.4. The van der Waals surface area contributed by atoms with Gasteiger partial charge in [-0.25, -0.2) is 4.39 Å². The Labute approximate surface area is 145 Å². The van der Waals surface area contributed by atoms with E-state index in [4.69, 9.17) is 12.2 Å². The topological polar surface area (TPSA) is 49.8 Å². The molecular weight excluding hydrogens is 381 g/mol. The molecule has 2 aromatic carbocycles. The Kier molecular flexibility index (Phi) is 4.40. The number of aromatic nitrogens is 2. The van der Waals surface area contributed by atoms with E-state index in [1.54, 1.807) is 29.1 Å². The summed E-state index contributed by atoms with van der Waals surface area (Å²) in [4.78, 5) is 15.2. The van der Waals surface area contributed by atoms with Crippen LogP contribution in [-0.4, -0.2) is 15.5 Å². The highest BCUT2D eigenvalue weighted by molar-refractivity contribution is 9.10. The standard InChI is InChI=1S/C16H11BrFN3OS/c17-14-8-10(18)4-5-13(14)15(22)20-11-2-1-3-12(9-11)21-7-6-19-16(21)23/h1-9H,(H,19,23)(H,20,22). The van der Waals surface area contributed by atoms with Crippen molar-refractivity contribution in [1.82, 2.24) is 9.55 Å². The van der Waals surface area contributed by atoms with Crippen LogP contribution >= 0.6 is 28.1 Å². The molecule has 0 saturated carbocycles. The lowest BCUT2D eigenvalue weighted by Gasteiger charge is -2.09. The van der Waals surface area contributed by atoms with Crippen molar-refractivity contribution in [3.8, 4) is 5.69 Å². The Morgan fingerprint density at radius 3 is 2.78 bits per heavy atom. The van der Waals surface area contributed by atoms with Gasteiger partial charge < -0.3 is 10.3 Å². The smallest absolute Gasteiger partial charge is 0.256 e. The Morgan fingerprint density at radius 1 is 1.26 bits per heavy atom. The van der Waals surface area contributed by atoms with E-state index in [1.807, 2.05) is 12.1 Å². The van der Waals surface area contributed by atoms with Crippen LogP contribution in [0.5, 0.6) is 0 Å². The maximum Gasteiger partial charge on any atom is 0.256 e. The molecule has 2 N–H and O–H groups in total. The van der Waals surface area contributed by atoms with Gasteiger partial charge in [0, 0.05) is 28.2 Å². The van der Waals surface area contributed by atoms with Crippen molar-refractivity contribution in [2.45, 2.75) is 0 Å². The van der Waals surface area contributed by atoms with E-state index in [1.165, 1.54) is 18.2 Å². The summed E-state index contributed by atoms with van der Waals surface area (Å²) in [5.41, 5.74) is 1.80. The molecule has 3 rings (SSSR count). The average molecular weight is 392 g/mol. The fourth-order valence-electron chi connectivity index (χ4n) is 2.13. The van der Waals surface area contributed by atoms with Crippen LogP contribution in [0.1, 0.15) is 10.4 Å². The number of carbonyl (C=O) groups excluding carboxylic acids is 1. The highest BCUT2D eigenvalue weighted by Gasteiger charge is 2.11. The van der Waals surface area contributed by atoms with E-state index in [2.05, 4.69) is 26.2 Å². The van der Waals surface area contributed by atoms with Crippen molar-refractivity contribution >= 4 is 39.7 Å². The van der Waals surface area contributed by atoms with Crippen molar-refractivity contribution in [3.63, 3.8) is 0 Å². The van der Waals surface area contributed by atoms with Crippen molar-refractivity contribution in [3.05, 3.63) is 75.5 Å². The highest BCUT2D eigenvalue weighted by atomic mass is 79.9. The number of aromatic amines is 1. The number of halogens is 2. The van der Waals surface area contributed by atoms with Gasteiger partial charge in [-0.1, -0.05) is 6.07 Å². The van der Waals surface area contributed by atoms with Crippen LogP contribution in [0.4, 0.5) is 10.1 Å². The molecule has 0 bridgehead atoms. The first kappa shape index (κ1) is 15.6. The zero-order valence-corrected chi connectivity index (χ0v) is 14.1. The van der Waals surface area contributed by atoms with Gasteiger partial charge in [-0.15, -0.1) is 0 Å². The van der Waals surface area contributed by atoms with Crippen LogP contribution in [0.2, 0.25) is 0 Å². The van der Waals surface area contributed by atoms with Gasteiger partial charge >= 0.3 is 0 Å². The van der Waals surface area contributed by atoms with Gasteiger partial charge in [-0.2, -0.15) is 0 Å². The molecule has 0 radical (unpaired) electrons. The van der Waals surface area contributed by atoms with Crippen molar-refractivity contribution < 1.29 is 9.18 Å². The number of benzene rings is 2. The van der Waals surface area contributed by atoms with Gasteiger partial charge in [0.25, 0.3) is 5.91 Å². The molecule has 0 atom stereocenters. The van der Waals surface area contributed by atoms with E-state index in [0.717, 1.165) is 5.69 Å². The van der Waals surface area contributed by atoms with Gasteiger partial charge in [0.1, 0.15) is 5.82 Å². The number of hydrogen-bond donors (Lipinski definition) is 2. The average Bonchev–Trinajstić information content (AvgIpc) is 2.93. The lowest BCUT2D eigenvalue weighted by molar-refractivity contribution is 0.102. The number of anilines is 1. The lowest BCUT2D eigenvalue weighted by atomic mass is 10.2. The fourth-order valence-corrected chi connectivity index (χ4v) is 2.89. The number of imidazole rings is 1. The van der Waals surface area contributed by atoms with E-state index >= 15 is 0 Å². The van der Waals surface area contributed by atoms with Crippen molar-refractivity contribution in [2.75, 3.05) is 5.32 Å². The van der Waals surface area contributed by atoms with Gasteiger partial charge in [0.2, 0.25) is 0 Å². The number of H-pyrrole nitrogens is 1. The molecule has 0 unspecified atom stereocenters. The van der Waals surface area contributed by atoms with E-state index in [9.17, 15) is 9.18 Å². The molecular formula is C16H11BrFN3OS. The summed E-state index contributed by atoms with van der Waals surface area (Å²) >= 11 is 8.38. The summed E-state index contributed by atoms with van der Waals surface area (Å²) in [5, 5.41) is 2.79.